The van der Waals surface area contributed by atoms with Crippen molar-refractivity contribution in [1.29, 1.82) is 0 Å². The Morgan fingerprint density at radius 2 is 1.91 bits per heavy atom. The van der Waals surface area contributed by atoms with E-state index in [-0.39, 0.29) is 5.91 Å². The zero-order valence-corrected chi connectivity index (χ0v) is 13.0. The van der Waals surface area contributed by atoms with E-state index in [0.29, 0.717) is 22.9 Å². The summed E-state index contributed by atoms with van der Waals surface area (Å²) >= 11 is 1.23. The third kappa shape index (κ3) is 3.20. The molecule has 2 amide bonds. The van der Waals surface area contributed by atoms with Crippen LogP contribution in [0.2, 0.25) is 0 Å². The number of hydrogen-bond acceptors (Lipinski definition) is 3. The minimum Gasteiger partial charge on any atom is -0.365 e. The van der Waals surface area contributed by atoms with Gasteiger partial charge in [-0.1, -0.05) is 30.7 Å². The second-order valence-corrected chi connectivity index (χ2v) is 6.54. The lowest BCUT2D eigenvalue weighted by atomic mass is 9.80. The van der Waals surface area contributed by atoms with Crippen molar-refractivity contribution in [3.63, 3.8) is 0 Å². The number of primary amides is 1. The van der Waals surface area contributed by atoms with Crippen molar-refractivity contribution in [1.82, 2.24) is 0 Å². The van der Waals surface area contributed by atoms with Gasteiger partial charge in [-0.2, -0.15) is 0 Å². The normalized spacial score (nSPS) is 14.4. The average molecular weight is 314 g/mol. The van der Waals surface area contributed by atoms with Gasteiger partial charge in [0.2, 0.25) is 5.91 Å². The first kappa shape index (κ1) is 14.8. The number of nitrogens with two attached hydrogens (primary N) is 1. The van der Waals surface area contributed by atoms with Gasteiger partial charge in [0.05, 0.1) is 12.1 Å². The molecule has 0 saturated heterocycles. The molecule has 2 aromatic rings. The summed E-state index contributed by atoms with van der Waals surface area (Å²) in [5.74, 6) is 0.0410. The Balaban J connectivity index is 1.61. The molecule has 5 heteroatoms. The molecule has 22 heavy (non-hydrogen) atoms. The van der Waals surface area contributed by atoms with Crippen molar-refractivity contribution in [2.24, 2.45) is 5.73 Å². The number of amides is 2. The topological polar surface area (TPSA) is 72.2 Å². The Morgan fingerprint density at radius 3 is 2.50 bits per heavy atom. The highest BCUT2D eigenvalue weighted by Gasteiger charge is 2.19. The van der Waals surface area contributed by atoms with Gasteiger partial charge in [0.1, 0.15) is 4.88 Å². The molecule has 0 radical (unpaired) electrons. The number of hydrogen-bond donors (Lipinski definition) is 2. The number of anilines is 1. The summed E-state index contributed by atoms with van der Waals surface area (Å²) in [6.45, 7) is 0. The van der Waals surface area contributed by atoms with Crippen LogP contribution in [-0.2, 0) is 11.2 Å². The molecule has 3 rings (SSSR count). The van der Waals surface area contributed by atoms with Gasteiger partial charge in [-0.05, 0) is 41.3 Å². The van der Waals surface area contributed by atoms with E-state index in [2.05, 4.69) is 17.4 Å². The molecule has 0 unspecified atom stereocenters. The monoisotopic (exact) mass is 314 g/mol. The lowest BCUT2D eigenvalue weighted by Gasteiger charge is -2.25. The van der Waals surface area contributed by atoms with Crippen LogP contribution < -0.4 is 11.1 Å². The number of benzene rings is 1. The molecule has 0 bridgehead atoms. The van der Waals surface area contributed by atoms with E-state index >= 15 is 0 Å². The maximum absolute atomic E-state index is 12.1. The van der Waals surface area contributed by atoms with Crippen molar-refractivity contribution in [3.8, 4) is 0 Å². The van der Waals surface area contributed by atoms with Crippen molar-refractivity contribution in [2.45, 2.75) is 31.6 Å². The smallest absolute Gasteiger partial charge is 0.260 e. The quantitative estimate of drug-likeness (QED) is 0.889. The Kier molecular flexibility index (Phi) is 4.24. The summed E-state index contributed by atoms with van der Waals surface area (Å²) in [5, 5.41) is 4.49. The van der Waals surface area contributed by atoms with Gasteiger partial charge >= 0.3 is 0 Å². The first-order valence-electron chi connectivity index (χ1n) is 7.39. The third-order valence-electron chi connectivity index (χ3n) is 4.08. The summed E-state index contributed by atoms with van der Waals surface area (Å²) in [7, 11) is 0. The van der Waals surface area contributed by atoms with Crippen molar-refractivity contribution in [2.75, 3.05) is 5.32 Å². The summed E-state index contributed by atoms with van der Waals surface area (Å²) < 4.78 is 0. The van der Waals surface area contributed by atoms with Gasteiger partial charge in [0, 0.05) is 0 Å². The largest absolute Gasteiger partial charge is 0.365 e. The van der Waals surface area contributed by atoms with Crippen molar-refractivity contribution in [3.05, 3.63) is 51.7 Å². The zero-order chi connectivity index (χ0) is 15.5. The Morgan fingerprint density at radius 1 is 1.18 bits per heavy atom. The SMILES string of the molecule is NC(=O)c1sccc1NC(=O)Cc1ccc(C2CCC2)cc1. The molecule has 1 aliphatic carbocycles. The van der Waals surface area contributed by atoms with Crippen LogP contribution in [0.1, 0.15) is 46.0 Å². The zero-order valence-electron chi connectivity index (χ0n) is 12.2. The van der Waals surface area contributed by atoms with Crippen LogP contribution in [0.4, 0.5) is 5.69 Å². The Bertz CT molecular complexity index is 687. The highest BCUT2D eigenvalue weighted by molar-refractivity contribution is 7.12. The average Bonchev–Trinajstić information content (AvgIpc) is 2.87. The van der Waals surface area contributed by atoms with Crippen LogP contribution in [0.3, 0.4) is 0 Å². The number of rotatable bonds is 5. The van der Waals surface area contributed by atoms with Crippen LogP contribution in [0.5, 0.6) is 0 Å². The molecule has 114 valence electrons. The molecule has 3 N–H and O–H groups in total. The number of thiophene rings is 1. The molecule has 1 aromatic heterocycles. The van der Waals surface area contributed by atoms with E-state index in [1.807, 2.05) is 12.1 Å². The molecule has 1 aromatic carbocycles. The minimum absolute atomic E-state index is 0.141. The molecule has 1 aliphatic rings. The van der Waals surface area contributed by atoms with Gasteiger partial charge in [0.15, 0.2) is 0 Å². The van der Waals surface area contributed by atoms with Crippen molar-refractivity contribution >= 4 is 28.8 Å². The molecule has 0 aliphatic heterocycles. The summed E-state index contributed by atoms with van der Waals surface area (Å²) in [5.41, 5.74) is 8.10. The van der Waals surface area contributed by atoms with Crippen LogP contribution in [0.15, 0.2) is 35.7 Å². The first-order valence-corrected chi connectivity index (χ1v) is 8.27. The lowest BCUT2D eigenvalue weighted by molar-refractivity contribution is -0.115. The summed E-state index contributed by atoms with van der Waals surface area (Å²) in [4.78, 5) is 23.7. The molecule has 4 nitrogen and oxygen atoms in total. The van der Waals surface area contributed by atoms with E-state index in [4.69, 9.17) is 5.73 Å². The van der Waals surface area contributed by atoms with Crippen LogP contribution in [0, 0.1) is 0 Å². The van der Waals surface area contributed by atoms with Crippen LogP contribution in [-0.4, -0.2) is 11.8 Å². The Hall–Kier alpha value is -2.14. The van der Waals surface area contributed by atoms with Gasteiger partial charge in [-0.3, -0.25) is 9.59 Å². The van der Waals surface area contributed by atoms with E-state index < -0.39 is 5.91 Å². The second kappa shape index (κ2) is 6.32. The fourth-order valence-corrected chi connectivity index (χ4v) is 3.33. The fourth-order valence-electron chi connectivity index (χ4n) is 2.63. The van der Waals surface area contributed by atoms with E-state index in [1.165, 1.54) is 36.2 Å². The van der Waals surface area contributed by atoms with Crippen molar-refractivity contribution < 1.29 is 9.59 Å². The molecule has 1 saturated carbocycles. The van der Waals surface area contributed by atoms with E-state index in [9.17, 15) is 9.59 Å². The number of carbonyl (C=O) groups excluding carboxylic acids is 2. The highest BCUT2D eigenvalue weighted by Crippen LogP contribution is 2.36. The molecule has 0 atom stereocenters. The predicted octanol–water partition coefficient (Wildman–Crippen LogP) is 3.30. The molecular weight excluding hydrogens is 296 g/mol. The van der Waals surface area contributed by atoms with E-state index in [1.54, 1.807) is 11.4 Å². The second-order valence-electron chi connectivity index (χ2n) is 5.62. The lowest BCUT2D eigenvalue weighted by Crippen LogP contribution is -2.18. The maximum Gasteiger partial charge on any atom is 0.260 e. The first-order chi connectivity index (χ1) is 10.6. The molecular formula is C17H18N2O2S. The predicted molar refractivity (Wildman–Crippen MR) is 88.2 cm³/mol. The molecule has 1 fully saturated rings. The molecule has 1 heterocycles. The van der Waals surface area contributed by atoms with Gasteiger partial charge in [0.25, 0.3) is 5.91 Å². The Labute approximate surface area is 133 Å². The number of nitrogens with one attached hydrogen (secondary N) is 1. The standard InChI is InChI=1S/C17H18N2O2S/c18-17(21)16-14(8-9-22-16)19-15(20)10-11-4-6-13(7-5-11)12-2-1-3-12/h4-9,12H,1-3,10H2,(H2,18,21)(H,19,20). The number of carbonyl (C=O) groups is 2. The van der Waals surface area contributed by atoms with E-state index in [0.717, 1.165) is 5.56 Å². The van der Waals surface area contributed by atoms with Crippen LogP contribution in [0.25, 0.3) is 0 Å². The molecule has 0 spiro atoms. The van der Waals surface area contributed by atoms with Gasteiger partial charge in [-0.25, -0.2) is 0 Å². The third-order valence-corrected chi connectivity index (χ3v) is 5.01. The van der Waals surface area contributed by atoms with Gasteiger partial charge < -0.3 is 11.1 Å². The van der Waals surface area contributed by atoms with Gasteiger partial charge in [-0.15, -0.1) is 11.3 Å². The summed E-state index contributed by atoms with van der Waals surface area (Å²) in [6.07, 6.45) is 4.15. The minimum atomic E-state index is -0.518. The van der Waals surface area contributed by atoms with Crippen LogP contribution >= 0.6 is 11.3 Å². The maximum atomic E-state index is 12.1. The highest BCUT2D eigenvalue weighted by atomic mass is 32.1. The fraction of sp³-hybridized carbons (Fsp3) is 0.294. The summed E-state index contributed by atoms with van der Waals surface area (Å²) in [6, 6.07) is 9.95.